The second-order valence-electron chi connectivity index (χ2n) is 4.17. The first-order chi connectivity index (χ1) is 10.9. The monoisotopic (exact) mass is 356 g/mol. The number of methoxy groups -OCH3 is 2. The lowest BCUT2D eigenvalue weighted by molar-refractivity contribution is -0.385. The molecule has 0 amide bonds. The zero-order valence-electron chi connectivity index (χ0n) is 12.1. The highest BCUT2D eigenvalue weighted by Crippen LogP contribution is 2.37. The zero-order valence-corrected chi connectivity index (χ0v) is 13.8. The van der Waals surface area contributed by atoms with E-state index in [-0.39, 0.29) is 27.0 Å². The van der Waals surface area contributed by atoms with Crippen molar-refractivity contribution in [2.24, 2.45) is 4.40 Å². The molecule has 0 N–H and O–H groups in total. The van der Waals surface area contributed by atoms with Gasteiger partial charge in [0, 0.05) is 17.8 Å². The second-order valence-corrected chi connectivity index (χ2v) is 6.98. The third-order valence-corrected chi connectivity index (χ3v) is 5.38. The van der Waals surface area contributed by atoms with Gasteiger partial charge in [0.2, 0.25) is 5.75 Å². The van der Waals surface area contributed by atoms with E-state index < -0.39 is 14.9 Å². The molecule has 1 aromatic heterocycles. The molecule has 0 aliphatic carbocycles. The predicted octanol–water partition coefficient (Wildman–Crippen LogP) is 2.48. The highest BCUT2D eigenvalue weighted by Gasteiger charge is 2.21. The average molecular weight is 356 g/mol. The molecular weight excluding hydrogens is 344 g/mol. The maximum absolute atomic E-state index is 12.0. The number of sulfonamides is 1. The van der Waals surface area contributed by atoms with Crippen LogP contribution in [0.5, 0.6) is 11.5 Å². The molecule has 0 aliphatic heterocycles. The van der Waals surface area contributed by atoms with Crippen LogP contribution in [0.1, 0.15) is 5.56 Å². The largest absolute Gasteiger partial charge is 0.493 e. The third kappa shape index (κ3) is 3.66. The number of ether oxygens (including phenoxy) is 2. The molecule has 2 rings (SSSR count). The van der Waals surface area contributed by atoms with Gasteiger partial charge in [-0.25, -0.2) is 0 Å². The molecule has 122 valence electrons. The molecule has 0 saturated carbocycles. The van der Waals surface area contributed by atoms with Crippen LogP contribution in [-0.2, 0) is 10.0 Å². The van der Waals surface area contributed by atoms with Crippen LogP contribution in [0.4, 0.5) is 5.69 Å². The SMILES string of the molecule is COc1cc(/C=N\S(=O)(=O)c2cccs2)cc([N+](=O)[O-])c1OC. The molecule has 0 spiro atoms. The molecule has 23 heavy (non-hydrogen) atoms. The van der Waals surface area contributed by atoms with Gasteiger partial charge >= 0.3 is 5.69 Å². The van der Waals surface area contributed by atoms with Crippen molar-refractivity contribution in [2.75, 3.05) is 14.2 Å². The Balaban J connectivity index is 2.46. The van der Waals surface area contributed by atoms with E-state index in [2.05, 4.69) is 4.40 Å². The molecule has 8 nitrogen and oxygen atoms in total. The number of nitro benzene ring substituents is 1. The average Bonchev–Trinajstić information content (AvgIpc) is 3.07. The van der Waals surface area contributed by atoms with E-state index >= 15 is 0 Å². The van der Waals surface area contributed by atoms with Gasteiger partial charge < -0.3 is 9.47 Å². The summed E-state index contributed by atoms with van der Waals surface area (Å²) >= 11 is 1.03. The molecule has 0 aliphatic rings. The zero-order chi connectivity index (χ0) is 17.0. The van der Waals surface area contributed by atoms with Crippen LogP contribution in [0.3, 0.4) is 0 Å². The number of rotatable bonds is 6. The predicted molar refractivity (Wildman–Crippen MR) is 85.3 cm³/mol. The molecule has 0 atom stereocenters. The van der Waals surface area contributed by atoms with Crippen LogP contribution in [0.25, 0.3) is 0 Å². The molecule has 0 bridgehead atoms. The van der Waals surface area contributed by atoms with Gasteiger partial charge in [0.05, 0.1) is 19.1 Å². The van der Waals surface area contributed by atoms with Crippen molar-refractivity contribution in [2.45, 2.75) is 4.21 Å². The van der Waals surface area contributed by atoms with Gasteiger partial charge in [-0.1, -0.05) is 6.07 Å². The summed E-state index contributed by atoms with van der Waals surface area (Å²) in [5.41, 5.74) is -0.142. The Morgan fingerprint density at radius 1 is 1.30 bits per heavy atom. The van der Waals surface area contributed by atoms with Crippen molar-refractivity contribution in [3.05, 3.63) is 45.3 Å². The molecular formula is C13H12N2O6S2. The Bertz CT molecular complexity index is 844. The maximum atomic E-state index is 12.0. The Morgan fingerprint density at radius 2 is 2.04 bits per heavy atom. The number of nitro groups is 1. The van der Waals surface area contributed by atoms with Crippen molar-refractivity contribution in [3.63, 3.8) is 0 Å². The fourth-order valence-electron chi connectivity index (χ4n) is 1.77. The van der Waals surface area contributed by atoms with E-state index in [0.717, 1.165) is 23.6 Å². The summed E-state index contributed by atoms with van der Waals surface area (Å²) in [7, 11) is -1.24. The standard InChI is InChI=1S/C13H12N2O6S2/c1-20-11-7-9(6-10(15(16)17)13(11)21-2)8-14-23(18,19)12-4-3-5-22-12/h3-8H,1-2H3/b14-8-. The van der Waals surface area contributed by atoms with Crippen molar-refractivity contribution < 1.29 is 22.8 Å². The van der Waals surface area contributed by atoms with E-state index in [0.29, 0.717) is 0 Å². The lowest BCUT2D eigenvalue weighted by Gasteiger charge is -2.08. The van der Waals surface area contributed by atoms with Gasteiger partial charge in [-0.05, 0) is 17.5 Å². The first kappa shape index (κ1) is 16.9. The van der Waals surface area contributed by atoms with Gasteiger partial charge in [0.15, 0.2) is 5.75 Å². The third-order valence-electron chi connectivity index (χ3n) is 2.77. The molecule has 0 unspecified atom stereocenters. The summed E-state index contributed by atoms with van der Waals surface area (Å²) in [5.74, 6) is 0.0624. The van der Waals surface area contributed by atoms with Gasteiger partial charge in [-0.3, -0.25) is 10.1 Å². The van der Waals surface area contributed by atoms with E-state index in [1.807, 2.05) is 0 Å². The fraction of sp³-hybridized carbons (Fsp3) is 0.154. The van der Waals surface area contributed by atoms with Crippen molar-refractivity contribution >= 4 is 33.3 Å². The second kappa shape index (κ2) is 6.75. The Labute approximate surface area is 136 Å². The van der Waals surface area contributed by atoms with Crippen molar-refractivity contribution in [1.29, 1.82) is 0 Å². The van der Waals surface area contributed by atoms with Gasteiger partial charge in [0.1, 0.15) is 4.21 Å². The normalized spacial score (nSPS) is 11.6. The minimum atomic E-state index is -3.84. The minimum absolute atomic E-state index is 0.0456. The van der Waals surface area contributed by atoms with Gasteiger partial charge in [-0.15, -0.1) is 11.3 Å². The van der Waals surface area contributed by atoms with Crippen LogP contribution >= 0.6 is 11.3 Å². The number of thiophene rings is 1. The van der Waals surface area contributed by atoms with E-state index in [1.54, 1.807) is 11.4 Å². The van der Waals surface area contributed by atoms with E-state index in [4.69, 9.17) is 9.47 Å². The highest BCUT2D eigenvalue weighted by atomic mass is 32.2. The molecule has 1 aromatic carbocycles. The summed E-state index contributed by atoms with van der Waals surface area (Å²) in [5, 5.41) is 12.7. The summed E-state index contributed by atoms with van der Waals surface area (Å²) in [6, 6.07) is 5.58. The maximum Gasteiger partial charge on any atom is 0.315 e. The Morgan fingerprint density at radius 3 is 2.57 bits per heavy atom. The van der Waals surface area contributed by atoms with Crippen LogP contribution in [-0.4, -0.2) is 33.8 Å². The first-order valence-corrected chi connectivity index (χ1v) is 8.45. The number of nitrogens with zero attached hydrogens (tertiary/aromatic N) is 2. The van der Waals surface area contributed by atoms with Gasteiger partial charge in [-0.2, -0.15) is 12.8 Å². The number of hydrogen-bond donors (Lipinski definition) is 0. The molecule has 10 heteroatoms. The Kier molecular flexibility index (Phi) is 4.96. The smallest absolute Gasteiger partial charge is 0.315 e. The lowest BCUT2D eigenvalue weighted by Crippen LogP contribution is -2.00. The summed E-state index contributed by atoms with van der Waals surface area (Å²) in [6.45, 7) is 0. The number of hydrogen-bond acceptors (Lipinski definition) is 7. The molecule has 0 fully saturated rings. The molecule has 0 saturated heterocycles. The van der Waals surface area contributed by atoms with E-state index in [1.165, 1.54) is 26.4 Å². The van der Waals surface area contributed by atoms with E-state index in [9.17, 15) is 18.5 Å². The Hall–Kier alpha value is -2.46. The highest BCUT2D eigenvalue weighted by molar-refractivity contribution is 7.92. The van der Waals surface area contributed by atoms with Gasteiger partial charge in [0.25, 0.3) is 10.0 Å². The molecule has 2 aromatic rings. The molecule has 1 heterocycles. The van der Waals surface area contributed by atoms with Crippen molar-refractivity contribution in [1.82, 2.24) is 0 Å². The summed E-state index contributed by atoms with van der Waals surface area (Å²) in [4.78, 5) is 10.5. The summed E-state index contributed by atoms with van der Waals surface area (Å²) in [6.07, 6.45) is 1.03. The lowest BCUT2D eigenvalue weighted by atomic mass is 10.2. The van der Waals surface area contributed by atoms with Crippen LogP contribution in [0, 0.1) is 10.1 Å². The number of benzene rings is 1. The van der Waals surface area contributed by atoms with Crippen molar-refractivity contribution in [3.8, 4) is 11.5 Å². The first-order valence-electron chi connectivity index (χ1n) is 6.13. The topological polar surface area (TPSA) is 108 Å². The van der Waals surface area contributed by atoms with Crippen LogP contribution in [0.15, 0.2) is 38.3 Å². The molecule has 0 radical (unpaired) electrons. The van der Waals surface area contributed by atoms with Crippen LogP contribution < -0.4 is 9.47 Å². The fourth-order valence-corrected chi connectivity index (χ4v) is 3.61. The minimum Gasteiger partial charge on any atom is -0.493 e. The van der Waals surface area contributed by atoms with Crippen LogP contribution in [0.2, 0.25) is 0 Å². The summed E-state index contributed by atoms with van der Waals surface area (Å²) < 4.78 is 37.6. The quantitative estimate of drug-likeness (QED) is 0.447.